The lowest BCUT2D eigenvalue weighted by Gasteiger charge is -2.35. The molecule has 0 atom stereocenters. The molecule has 1 amide bonds. The molecule has 18 heavy (non-hydrogen) atoms. The first kappa shape index (κ1) is 13.8. The average Bonchev–Trinajstić information content (AvgIpc) is 2.79. The fourth-order valence-corrected chi connectivity index (χ4v) is 2.71. The van der Waals surface area contributed by atoms with Gasteiger partial charge in [-0.15, -0.1) is 0 Å². The third-order valence-corrected chi connectivity index (χ3v) is 3.87. The van der Waals surface area contributed by atoms with Crippen LogP contribution in [-0.2, 0) is 14.3 Å². The maximum absolute atomic E-state index is 11.8. The summed E-state index contributed by atoms with van der Waals surface area (Å²) in [6.45, 7) is 5.72. The smallest absolute Gasteiger partial charge is 0.220 e. The Kier molecular flexibility index (Phi) is 4.62. The van der Waals surface area contributed by atoms with Gasteiger partial charge in [0, 0.05) is 25.3 Å². The molecule has 2 aliphatic rings. The average molecular weight is 255 g/mol. The lowest BCUT2D eigenvalue weighted by molar-refractivity contribution is -0.180. The Morgan fingerprint density at radius 2 is 1.89 bits per heavy atom. The molecule has 0 aromatic heterocycles. The van der Waals surface area contributed by atoms with Gasteiger partial charge in [0.15, 0.2) is 5.79 Å². The van der Waals surface area contributed by atoms with Crippen LogP contribution in [0.2, 0.25) is 0 Å². The van der Waals surface area contributed by atoms with Gasteiger partial charge < -0.3 is 14.8 Å². The van der Waals surface area contributed by atoms with E-state index in [1.54, 1.807) is 0 Å². The Balaban J connectivity index is 1.68. The summed E-state index contributed by atoms with van der Waals surface area (Å²) in [6.07, 6.45) is 5.35. The van der Waals surface area contributed by atoms with E-state index in [9.17, 15) is 4.79 Å². The van der Waals surface area contributed by atoms with Gasteiger partial charge in [0.1, 0.15) is 0 Å². The molecule has 1 saturated carbocycles. The second-order valence-electron chi connectivity index (χ2n) is 5.88. The SMILES string of the molecule is CC(C)CCC(=O)NC1CCC2(CC1)OCCO2. The Hall–Kier alpha value is -0.610. The van der Waals surface area contributed by atoms with Crippen molar-refractivity contribution in [3.05, 3.63) is 0 Å². The van der Waals surface area contributed by atoms with Crippen LogP contribution in [-0.4, -0.2) is 30.9 Å². The van der Waals surface area contributed by atoms with Crippen LogP contribution < -0.4 is 5.32 Å². The number of rotatable bonds is 4. The van der Waals surface area contributed by atoms with Crippen LogP contribution in [0, 0.1) is 5.92 Å². The minimum Gasteiger partial charge on any atom is -0.353 e. The molecule has 4 nitrogen and oxygen atoms in total. The molecule has 1 saturated heterocycles. The van der Waals surface area contributed by atoms with Gasteiger partial charge in [-0.1, -0.05) is 13.8 Å². The first-order valence-electron chi connectivity index (χ1n) is 7.17. The van der Waals surface area contributed by atoms with E-state index in [4.69, 9.17) is 9.47 Å². The largest absolute Gasteiger partial charge is 0.353 e. The zero-order chi connectivity index (χ0) is 13.0. The van der Waals surface area contributed by atoms with Gasteiger partial charge in [0.05, 0.1) is 13.2 Å². The highest BCUT2D eigenvalue weighted by atomic mass is 16.7. The van der Waals surface area contributed by atoms with Gasteiger partial charge in [0.25, 0.3) is 0 Å². The van der Waals surface area contributed by atoms with Crippen LogP contribution in [0.25, 0.3) is 0 Å². The predicted molar refractivity (Wildman–Crippen MR) is 69.1 cm³/mol. The molecule has 2 rings (SSSR count). The minimum atomic E-state index is -0.320. The number of hydrogen-bond donors (Lipinski definition) is 1. The highest BCUT2D eigenvalue weighted by Gasteiger charge is 2.40. The van der Waals surface area contributed by atoms with E-state index in [1.807, 2.05) is 0 Å². The monoisotopic (exact) mass is 255 g/mol. The van der Waals surface area contributed by atoms with Crippen molar-refractivity contribution in [1.29, 1.82) is 0 Å². The highest BCUT2D eigenvalue weighted by molar-refractivity contribution is 5.76. The maximum Gasteiger partial charge on any atom is 0.220 e. The first-order chi connectivity index (χ1) is 8.60. The molecule has 1 aliphatic carbocycles. The second kappa shape index (κ2) is 6.02. The van der Waals surface area contributed by atoms with Crippen molar-refractivity contribution >= 4 is 5.91 Å². The van der Waals surface area contributed by atoms with E-state index in [0.29, 0.717) is 31.6 Å². The first-order valence-corrected chi connectivity index (χ1v) is 7.17. The molecule has 0 aromatic rings. The fourth-order valence-electron chi connectivity index (χ4n) is 2.71. The molecule has 0 radical (unpaired) electrons. The highest BCUT2D eigenvalue weighted by Crippen LogP contribution is 2.35. The van der Waals surface area contributed by atoms with Crippen molar-refractivity contribution in [3.63, 3.8) is 0 Å². The molecule has 4 heteroatoms. The Morgan fingerprint density at radius 3 is 2.44 bits per heavy atom. The van der Waals surface area contributed by atoms with Gasteiger partial charge in [-0.05, 0) is 25.2 Å². The Morgan fingerprint density at radius 1 is 1.28 bits per heavy atom. The number of carbonyl (C=O) groups is 1. The maximum atomic E-state index is 11.8. The summed E-state index contributed by atoms with van der Waals surface area (Å²) in [5, 5.41) is 3.13. The van der Waals surface area contributed by atoms with Crippen molar-refractivity contribution < 1.29 is 14.3 Å². The molecule has 104 valence electrons. The summed E-state index contributed by atoms with van der Waals surface area (Å²) in [5.41, 5.74) is 0. The van der Waals surface area contributed by atoms with Gasteiger partial charge in [-0.3, -0.25) is 4.79 Å². The van der Waals surface area contributed by atoms with Crippen LogP contribution in [0.4, 0.5) is 0 Å². The molecule has 1 aliphatic heterocycles. The molecular formula is C14H25NO3. The molecule has 0 bridgehead atoms. The van der Waals surface area contributed by atoms with Crippen molar-refractivity contribution in [1.82, 2.24) is 5.32 Å². The second-order valence-corrected chi connectivity index (χ2v) is 5.88. The molecule has 1 heterocycles. The Labute approximate surface area is 109 Å². The summed E-state index contributed by atoms with van der Waals surface area (Å²) in [4.78, 5) is 11.8. The van der Waals surface area contributed by atoms with E-state index >= 15 is 0 Å². The standard InChI is InChI=1S/C14H25NO3/c1-11(2)3-4-13(16)15-12-5-7-14(8-6-12)17-9-10-18-14/h11-12H,3-10H2,1-2H3,(H,15,16). The summed E-state index contributed by atoms with van der Waals surface area (Å²) < 4.78 is 11.4. The third kappa shape index (κ3) is 3.69. The zero-order valence-corrected chi connectivity index (χ0v) is 11.5. The van der Waals surface area contributed by atoms with Crippen LogP contribution >= 0.6 is 0 Å². The van der Waals surface area contributed by atoms with Crippen molar-refractivity contribution in [2.45, 2.75) is 64.2 Å². The zero-order valence-electron chi connectivity index (χ0n) is 11.5. The van der Waals surface area contributed by atoms with Gasteiger partial charge >= 0.3 is 0 Å². The Bertz CT molecular complexity index is 275. The predicted octanol–water partition coefficient (Wildman–Crippen LogP) is 2.22. The quantitative estimate of drug-likeness (QED) is 0.838. The normalized spacial score (nSPS) is 23.7. The van der Waals surface area contributed by atoms with Crippen molar-refractivity contribution in [2.24, 2.45) is 5.92 Å². The van der Waals surface area contributed by atoms with Crippen LogP contribution in [0.1, 0.15) is 52.4 Å². The van der Waals surface area contributed by atoms with E-state index < -0.39 is 0 Å². The molecule has 1 N–H and O–H groups in total. The molecule has 2 fully saturated rings. The molecule has 0 unspecified atom stereocenters. The summed E-state index contributed by atoms with van der Waals surface area (Å²) in [7, 11) is 0. The number of carbonyl (C=O) groups excluding carboxylic acids is 1. The summed E-state index contributed by atoms with van der Waals surface area (Å²) in [6, 6.07) is 0.308. The van der Waals surface area contributed by atoms with Crippen LogP contribution in [0.15, 0.2) is 0 Å². The molecule has 1 spiro atoms. The van der Waals surface area contributed by atoms with E-state index in [0.717, 1.165) is 32.1 Å². The molecular weight excluding hydrogens is 230 g/mol. The number of nitrogens with one attached hydrogen (secondary N) is 1. The van der Waals surface area contributed by atoms with Crippen molar-refractivity contribution in [2.75, 3.05) is 13.2 Å². The van der Waals surface area contributed by atoms with E-state index in [2.05, 4.69) is 19.2 Å². The van der Waals surface area contributed by atoms with Gasteiger partial charge in [-0.2, -0.15) is 0 Å². The van der Waals surface area contributed by atoms with Crippen molar-refractivity contribution in [3.8, 4) is 0 Å². The summed E-state index contributed by atoms with van der Waals surface area (Å²) >= 11 is 0. The minimum absolute atomic E-state index is 0.193. The van der Waals surface area contributed by atoms with Crippen LogP contribution in [0.3, 0.4) is 0 Å². The fraction of sp³-hybridized carbons (Fsp3) is 0.929. The number of hydrogen-bond acceptors (Lipinski definition) is 3. The van der Waals surface area contributed by atoms with Gasteiger partial charge in [-0.25, -0.2) is 0 Å². The topological polar surface area (TPSA) is 47.6 Å². The van der Waals surface area contributed by atoms with E-state index in [1.165, 1.54) is 0 Å². The van der Waals surface area contributed by atoms with E-state index in [-0.39, 0.29) is 11.7 Å². The lowest BCUT2D eigenvalue weighted by atomic mass is 9.90. The summed E-state index contributed by atoms with van der Waals surface area (Å²) in [5.74, 6) is 0.461. The lowest BCUT2D eigenvalue weighted by Crippen LogP contribution is -2.44. The number of ether oxygens (including phenoxy) is 2. The third-order valence-electron chi connectivity index (χ3n) is 3.87. The van der Waals surface area contributed by atoms with Gasteiger partial charge in [0.2, 0.25) is 5.91 Å². The van der Waals surface area contributed by atoms with Crippen LogP contribution in [0.5, 0.6) is 0 Å². The number of amides is 1. The molecule has 0 aromatic carbocycles.